The zero-order chi connectivity index (χ0) is 12.4. The molecule has 0 saturated carbocycles. The maximum atomic E-state index is 13.1. The van der Waals surface area contributed by atoms with Crippen molar-refractivity contribution in [2.45, 2.75) is 12.6 Å². The first-order chi connectivity index (χ1) is 8.11. The van der Waals surface area contributed by atoms with E-state index in [1.807, 2.05) is 0 Å². The summed E-state index contributed by atoms with van der Waals surface area (Å²) in [5.74, 6) is 0.289. The van der Waals surface area contributed by atoms with Gasteiger partial charge >= 0.3 is 0 Å². The molecule has 17 heavy (non-hydrogen) atoms. The molecule has 0 aliphatic heterocycles. The van der Waals surface area contributed by atoms with Gasteiger partial charge in [-0.3, -0.25) is 0 Å². The average molecular weight is 301 g/mol. The first-order valence-corrected chi connectivity index (χ1v) is 5.64. The molecule has 2 aromatic rings. The Kier molecular flexibility index (Phi) is 3.51. The highest BCUT2D eigenvalue weighted by molar-refractivity contribution is 9.10. The lowest BCUT2D eigenvalue weighted by Gasteiger charge is -2.07. The Morgan fingerprint density at radius 3 is 2.82 bits per heavy atom. The molecule has 4 N–H and O–H groups in total. The number of rotatable bonds is 3. The van der Waals surface area contributed by atoms with Crippen molar-refractivity contribution in [2.24, 2.45) is 11.5 Å². The smallest absolute Gasteiger partial charge is 0.240 e. The molecule has 0 spiro atoms. The van der Waals surface area contributed by atoms with E-state index in [4.69, 9.17) is 16.0 Å². The third kappa shape index (κ3) is 2.51. The van der Waals surface area contributed by atoms with E-state index in [-0.39, 0.29) is 12.4 Å². The molecule has 5 nitrogen and oxygen atoms in total. The number of nitrogens with two attached hydrogens (primary N) is 2. The predicted octanol–water partition coefficient (Wildman–Crippen LogP) is 1.48. The van der Waals surface area contributed by atoms with Crippen LogP contribution in [0.25, 0.3) is 0 Å². The van der Waals surface area contributed by atoms with E-state index in [2.05, 4.69) is 26.1 Å². The summed E-state index contributed by atoms with van der Waals surface area (Å²) in [5, 5.41) is 3.72. The van der Waals surface area contributed by atoms with E-state index in [0.717, 1.165) is 0 Å². The molecule has 2 rings (SSSR count). The molecule has 7 heteroatoms. The van der Waals surface area contributed by atoms with Gasteiger partial charge in [0.15, 0.2) is 5.82 Å². The highest BCUT2D eigenvalue weighted by Gasteiger charge is 2.16. The van der Waals surface area contributed by atoms with Crippen LogP contribution < -0.4 is 11.5 Å². The Labute approximate surface area is 105 Å². The Hall–Kier alpha value is -1.31. The van der Waals surface area contributed by atoms with Crippen LogP contribution in [0, 0.1) is 5.82 Å². The van der Waals surface area contributed by atoms with Crippen molar-refractivity contribution in [2.75, 3.05) is 0 Å². The molecule has 90 valence electrons. The van der Waals surface area contributed by atoms with Crippen LogP contribution in [-0.4, -0.2) is 10.1 Å². The summed E-state index contributed by atoms with van der Waals surface area (Å²) >= 11 is 3.09. The Bertz CT molecular complexity index is 531. The summed E-state index contributed by atoms with van der Waals surface area (Å²) in [7, 11) is 0. The zero-order valence-corrected chi connectivity index (χ0v) is 10.3. The Morgan fingerprint density at radius 2 is 2.24 bits per heavy atom. The van der Waals surface area contributed by atoms with Crippen LogP contribution in [0.5, 0.6) is 0 Å². The van der Waals surface area contributed by atoms with Gasteiger partial charge in [0.2, 0.25) is 5.89 Å². The summed E-state index contributed by atoms with van der Waals surface area (Å²) in [5.41, 5.74) is 12.0. The van der Waals surface area contributed by atoms with Crippen LogP contribution in [-0.2, 0) is 6.54 Å². The molecule has 1 unspecified atom stereocenters. The summed E-state index contributed by atoms with van der Waals surface area (Å²) in [6.45, 7) is 0.160. The van der Waals surface area contributed by atoms with Gasteiger partial charge in [0, 0.05) is 0 Å². The highest BCUT2D eigenvalue weighted by atomic mass is 79.9. The van der Waals surface area contributed by atoms with E-state index < -0.39 is 6.04 Å². The second-order valence-corrected chi connectivity index (χ2v) is 4.26. The fraction of sp³-hybridized carbons (Fsp3) is 0.200. The molecule has 0 bridgehead atoms. The van der Waals surface area contributed by atoms with E-state index in [1.54, 1.807) is 12.1 Å². The molecular formula is C10H10BrFN4O. The van der Waals surface area contributed by atoms with Crippen molar-refractivity contribution < 1.29 is 8.91 Å². The minimum absolute atomic E-state index is 0.160. The van der Waals surface area contributed by atoms with Crippen LogP contribution in [0.15, 0.2) is 27.2 Å². The fourth-order valence-corrected chi connectivity index (χ4v) is 1.73. The van der Waals surface area contributed by atoms with Gasteiger partial charge in [-0.05, 0) is 33.6 Å². The van der Waals surface area contributed by atoms with Crippen LogP contribution >= 0.6 is 15.9 Å². The van der Waals surface area contributed by atoms with Gasteiger partial charge in [-0.2, -0.15) is 4.98 Å². The highest BCUT2D eigenvalue weighted by Crippen LogP contribution is 2.23. The van der Waals surface area contributed by atoms with Crippen LogP contribution in [0.1, 0.15) is 23.3 Å². The number of halogens is 2. The van der Waals surface area contributed by atoms with Gasteiger partial charge in [0.25, 0.3) is 0 Å². The zero-order valence-electron chi connectivity index (χ0n) is 8.73. The van der Waals surface area contributed by atoms with E-state index in [0.29, 0.717) is 21.8 Å². The number of benzene rings is 1. The molecule has 0 aliphatic carbocycles. The lowest BCUT2D eigenvalue weighted by molar-refractivity contribution is 0.373. The predicted molar refractivity (Wildman–Crippen MR) is 62.3 cm³/mol. The van der Waals surface area contributed by atoms with Gasteiger partial charge in [-0.15, -0.1) is 0 Å². The van der Waals surface area contributed by atoms with Gasteiger partial charge in [-0.25, -0.2) is 4.39 Å². The standard InChI is InChI=1S/C10H10BrFN4O/c11-6-3-5(1-2-7(6)12)9(14)10-15-8(4-13)17-16-10/h1-3,9H,4,13-14H2. The molecule has 0 saturated heterocycles. The quantitative estimate of drug-likeness (QED) is 0.896. The molecule has 1 atom stereocenters. The molecular weight excluding hydrogens is 291 g/mol. The van der Waals surface area contributed by atoms with Gasteiger partial charge in [0.1, 0.15) is 5.82 Å². The van der Waals surface area contributed by atoms with Crippen molar-refractivity contribution in [3.63, 3.8) is 0 Å². The summed E-state index contributed by atoms with van der Waals surface area (Å²) in [6.07, 6.45) is 0. The molecule has 0 fully saturated rings. The Balaban J connectivity index is 2.29. The SMILES string of the molecule is NCc1nc(C(N)c2ccc(F)c(Br)c2)no1. The maximum absolute atomic E-state index is 13.1. The van der Waals surface area contributed by atoms with Gasteiger partial charge in [0.05, 0.1) is 17.1 Å². The number of hydrogen-bond acceptors (Lipinski definition) is 5. The van der Waals surface area contributed by atoms with Crippen molar-refractivity contribution >= 4 is 15.9 Å². The van der Waals surface area contributed by atoms with Crippen molar-refractivity contribution in [1.29, 1.82) is 0 Å². The van der Waals surface area contributed by atoms with Crippen LogP contribution in [0.2, 0.25) is 0 Å². The first kappa shape index (κ1) is 12.2. The number of hydrogen-bond donors (Lipinski definition) is 2. The monoisotopic (exact) mass is 300 g/mol. The Morgan fingerprint density at radius 1 is 1.47 bits per heavy atom. The van der Waals surface area contributed by atoms with E-state index in [1.165, 1.54) is 6.07 Å². The lowest BCUT2D eigenvalue weighted by Crippen LogP contribution is -2.14. The van der Waals surface area contributed by atoms with Crippen molar-refractivity contribution in [3.8, 4) is 0 Å². The molecule has 1 aromatic carbocycles. The van der Waals surface area contributed by atoms with Crippen LogP contribution in [0.3, 0.4) is 0 Å². The summed E-state index contributed by atoms with van der Waals surface area (Å²) < 4.78 is 18.3. The normalized spacial score (nSPS) is 12.7. The maximum Gasteiger partial charge on any atom is 0.240 e. The second kappa shape index (κ2) is 4.91. The van der Waals surface area contributed by atoms with Gasteiger partial charge in [-0.1, -0.05) is 11.2 Å². The third-order valence-corrected chi connectivity index (χ3v) is 2.85. The molecule has 1 heterocycles. The number of nitrogens with zero attached hydrogens (tertiary/aromatic N) is 2. The van der Waals surface area contributed by atoms with Crippen molar-refractivity contribution in [3.05, 3.63) is 45.8 Å². The summed E-state index contributed by atoms with van der Waals surface area (Å²) in [4.78, 5) is 4.02. The second-order valence-electron chi connectivity index (χ2n) is 3.40. The van der Waals surface area contributed by atoms with Crippen LogP contribution in [0.4, 0.5) is 4.39 Å². The minimum atomic E-state index is -0.573. The fourth-order valence-electron chi connectivity index (χ4n) is 1.33. The number of aromatic nitrogens is 2. The summed E-state index contributed by atoms with van der Waals surface area (Å²) in [6, 6.07) is 3.90. The van der Waals surface area contributed by atoms with E-state index >= 15 is 0 Å². The topological polar surface area (TPSA) is 91.0 Å². The lowest BCUT2D eigenvalue weighted by atomic mass is 10.1. The molecule has 0 amide bonds. The van der Waals surface area contributed by atoms with E-state index in [9.17, 15) is 4.39 Å². The largest absolute Gasteiger partial charge is 0.338 e. The van der Waals surface area contributed by atoms with Crippen molar-refractivity contribution in [1.82, 2.24) is 10.1 Å². The van der Waals surface area contributed by atoms with Gasteiger partial charge < -0.3 is 16.0 Å². The molecule has 1 aromatic heterocycles. The molecule has 0 aliphatic rings. The first-order valence-electron chi connectivity index (χ1n) is 4.85. The molecule has 0 radical (unpaired) electrons. The minimum Gasteiger partial charge on any atom is -0.338 e. The average Bonchev–Trinajstić information content (AvgIpc) is 2.80. The third-order valence-electron chi connectivity index (χ3n) is 2.24.